The summed E-state index contributed by atoms with van der Waals surface area (Å²) in [5.41, 5.74) is 0.751. The first-order valence-corrected chi connectivity index (χ1v) is 7.30. The molecule has 1 aromatic rings. The standard InChI is InChI=1S/C8H9F2NO4S2/c1-6-2-4-7(5-3-6)16(12,13)11-17(14,15)8(9)10/h2-5,8,11H,1H3. The molecule has 0 bridgehead atoms. The third-order valence-corrected chi connectivity index (χ3v) is 4.96. The number of halogens is 2. The molecule has 5 nitrogen and oxygen atoms in total. The van der Waals surface area contributed by atoms with Crippen molar-refractivity contribution in [2.45, 2.75) is 17.6 Å². The normalized spacial score (nSPS) is 12.9. The minimum atomic E-state index is -5.19. The van der Waals surface area contributed by atoms with Crippen molar-refractivity contribution in [3.05, 3.63) is 29.8 Å². The highest BCUT2D eigenvalue weighted by molar-refractivity contribution is 8.04. The van der Waals surface area contributed by atoms with Gasteiger partial charge in [0.15, 0.2) is 0 Å². The van der Waals surface area contributed by atoms with Crippen LogP contribution in [0.25, 0.3) is 0 Å². The predicted octanol–water partition coefficient (Wildman–Crippen LogP) is 0.826. The minimum Gasteiger partial charge on any atom is -0.206 e. The van der Waals surface area contributed by atoms with E-state index in [-0.39, 0.29) is 0 Å². The highest BCUT2D eigenvalue weighted by Crippen LogP contribution is 2.12. The molecule has 0 radical (unpaired) electrons. The molecule has 0 heterocycles. The maximum Gasteiger partial charge on any atom is 0.351 e. The number of aryl methyl sites for hydroxylation is 1. The van der Waals surface area contributed by atoms with E-state index >= 15 is 0 Å². The first kappa shape index (κ1) is 14.0. The van der Waals surface area contributed by atoms with Gasteiger partial charge in [-0.25, -0.2) is 16.8 Å². The van der Waals surface area contributed by atoms with Crippen LogP contribution in [0.2, 0.25) is 0 Å². The Hall–Kier alpha value is -1.06. The van der Waals surface area contributed by atoms with Crippen LogP contribution in [0.3, 0.4) is 0 Å². The van der Waals surface area contributed by atoms with Gasteiger partial charge >= 0.3 is 5.76 Å². The molecule has 17 heavy (non-hydrogen) atoms. The van der Waals surface area contributed by atoms with Gasteiger partial charge in [0.1, 0.15) is 0 Å². The molecule has 1 rings (SSSR count). The van der Waals surface area contributed by atoms with Crippen LogP contribution >= 0.6 is 0 Å². The van der Waals surface area contributed by atoms with E-state index in [1.165, 1.54) is 12.1 Å². The number of hydrogen-bond acceptors (Lipinski definition) is 4. The lowest BCUT2D eigenvalue weighted by Gasteiger charge is -2.07. The van der Waals surface area contributed by atoms with E-state index in [0.717, 1.165) is 21.8 Å². The molecule has 0 amide bonds. The average Bonchev–Trinajstić information content (AvgIpc) is 2.16. The number of hydrogen-bond donors (Lipinski definition) is 1. The van der Waals surface area contributed by atoms with E-state index < -0.39 is 30.7 Å². The quantitative estimate of drug-likeness (QED) is 0.888. The molecule has 0 aliphatic carbocycles. The van der Waals surface area contributed by atoms with Gasteiger partial charge in [-0.3, -0.25) is 0 Å². The first-order chi connectivity index (χ1) is 7.65. The van der Waals surface area contributed by atoms with Gasteiger partial charge < -0.3 is 0 Å². The molecule has 96 valence electrons. The smallest absolute Gasteiger partial charge is 0.206 e. The molecule has 0 aliphatic heterocycles. The molecular formula is C8H9F2NO4S2. The van der Waals surface area contributed by atoms with Crippen molar-refractivity contribution >= 4 is 20.0 Å². The fourth-order valence-electron chi connectivity index (χ4n) is 0.955. The number of sulfonamides is 2. The summed E-state index contributed by atoms with van der Waals surface area (Å²) in [5.74, 6) is -3.80. The second-order valence-electron chi connectivity index (χ2n) is 3.21. The van der Waals surface area contributed by atoms with E-state index in [1.54, 1.807) is 6.92 Å². The van der Waals surface area contributed by atoms with Crippen molar-refractivity contribution in [1.82, 2.24) is 4.13 Å². The number of benzene rings is 1. The summed E-state index contributed by atoms with van der Waals surface area (Å²) in [7, 11) is -9.68. The number of alkyl halides is 2. The van der Waals surface area contributed by atoms with E-state index in [9.17, 15) is 25.6 Å². The molecule has 1 aromatic carbocycles. The zero-order valence-electron chi connectivity index (χ0n) is 8.59. The number of nitrogens with one attached hydrogen (secondary N) is 1. The minimum absolute atomic E-state index is 0.396. The summed E-state index contributed by atoms with van der Waals surface area (Å²) in [4.78, 5) is -0.396. The summed E-state index contributed by atoms with van der Waals surface area (Å²) in [6.07, 6.45) is 0. The van der Waals surface area contributed by atoms with Crippen LogP contribution in [0.15, 0.2) is 29.2 Å². The van der Waals surface area contributed by atoms with Crippen LogP contribution in [-0.2, 0) is 20.0 Å². The average molecular weight is 285 g/mol. The van der Waals surface area contributed by atoms with Gasteiger partial charge in [0.05, 0.1) is 4.90 Å². The Balaban J connectivity index is 3.10. The molecule has 1 N–H and O–H groups in total. The SMILES string of the molecule is Cc1ccc(S(=O)(=O)NS(=O)(=O)C(F)F)cc1. The molecule has 0 atom stereocenters. The maximum absolute atomic E-state index is 12.0. The lowest BCUT2D eigenvalue weighted by Crippen LogP contribution is -2.34. The molecule has 0 saturated heterocycles. The fourth-order valence-corrected chi connectivity index (χ4v) is 3.35. The van der Waals surface area contributed by atoms with E-state index in [0.29, 0.717) is 0 Å². The molecule has 0 spiro atoms. The van der Waals surface area contributed by atoms with E-state index in [4.69, 9.17) is 0 Å². The predicted molar refractivity (Wildman–Crippen MR) is 56.4 cm³/mol. The molecule has 0 fully saturated rings. The van der Waals surface area contributed by atoms with Crippen molar-refractivity contribution in [1.29, 1.82) is 0 Å². The summed E-state index contributed by atoms with van der Waals surface area (Å²) in [6.45, 7) is 1.69. The molecule has 0 aromatic heterocycles. The summed E-state index contributed by atoms with van der Waals surface area (Å²) in [6, 6.07) is 5.09. The van der Waals surface area contributed by atoms with Crippen LogP contribution < -0.4 is 4.13 Å². The lowest BCUT2D eigenvalue weighted by atomic mass is 10.2. The van der Waals surface area contributed by atoms with Gasteiger partial charge in [0, 0.05) is 0 Å². The Morgan fingerprint density at radius 3 is 1.94 bits per heavy atom. The fraction of sp³-hybridized carbons (Fsp3) is 0.250. The van der Waals surface area contributed by atoms with Gasteiger partial charge in [0.2, 0.25) is 0 Å². The summed E-state index contributed by atoms with van der Waals surface area (Å²) < 4.78 is 69.3. The van der Waals surface area contributed by atoms with Crippen molar-refractivity contribution in [3.8, 4) is 0 Å². The maximum atomic E-state index is 12.0. The topological polar surface area (TPSA) is 80.3 Å². The van der Waals surface area contributed by atoms with Crippen LogP contribution in [0, 0.1) is 6.92 Å². The Bertz CT molecular complexity index is 593. The Labute approximate surface area is 97.6 Å². The monoisotopic (exact) mass is 285 g/mol. The van der Waals surface area contributed by atoms with Gasteiger partial charge in [-0.05, 0) is 19.1 Å². The van der Waals surface area contributed by atoms with Crippen LogP contribution in [-0.4, -0.2) is 22.6 Å². The van der Waals surface area contributed by atoms with Crippen molar-refractivity contribution in [2.24, 2.45) is 0 Å². The zero-order chi connectivity index (χ0) is 13.3. The van der Waals surface area contributed by atoms with Gasteiger partial charge in [-0.1, -0.05) is 21.8 Å². The van der Waals surface area contributed by atoms with E-state index in [1.807, 2.05) is 0 Å². The highest BCUT2D eigenvalue weighted by atomic mass is 32.3. The lowest BCUT2D eigenvalue weighted by molar-refractivity contribution is 0.234. The molecule has 9 heteroatoms. The van der Waals surface area contributed by atoms with Gasteiger partial charge in [-0.15, -0.1) is 0 Å². The van der Waals surface area contributed by atoms with Crippen molar-refractivity contribution < 1.29 is 25.6 Å². The number of rotatable bonds is 4. The molecule has 0 saturated carbocycles. The van der Waals surface area contributed by atoms with Crippen LogP contribution in [0.1, 0.15) is 5.56 Å². The van der Waals surface area contributed by atoms with Crippen molar-refractivity contribution in [3.63, 3.8) is 0 Å². The second kappa shape index (κ2) is 4.67. The summed E-state index contributed by atoms with van der Waals surface area (Å²) in [5, 5.41) is 0. The second-order valence-corrected chi connectivity index (χ2v) is 6.80. The van der Waals surface area contributed by atoms with E-state index in [2.05, 4.69) is 0 Å². The third-order valence-electron chi connectivity index (χ3n) is 1.79. The molecular weight excluding hydrogens is 276 g/mol. The zero-order valence-corrected chi connectivity index (χ0v) is 10.2. The molecule has 0 unspecified atom stereocenters. The summed E-state index contributed by atoms with van der Waals surface area (Å²) >= 11 is 0. The molecule has 0 aliphatic rings. The largest absolute Gasteiger partial charge is 0.351 e. The van der Waals surface area contributed by atoms with Crippen molar-refractivity contribution in [2.75, 3.05) is 0 Å². The Morgan fingerprint density at radius 1 is 1.06 bits per heavy atom. The van der Waals surface area contributed by atoms with Gasteiger partial charge in [0.25, 0.3) is 20.0 Å². The third kappa shape index (κ3) is 3.45. The Kier molecular flexibility index (Phi) is 3.84. The van der Waals surface area contributed by atoms with Crippen LogP contribution in [0.5, 0.6) is 0 Å². The highest BCUT2D eigenvalue weighted by Gasteiger charge is 2.30. The van der Waals surface area contributed by atoms with Gasteiger partial charge in [-0.2, -0.15) is 8.78 Å². The van der Waals surface area contributed by atoms with Crippen LogP contribution in [0.4, 0.5) is 8.78 Å². The first-order valence-electron chi connectivity index (χ1n) is 4.27. The Morgan fingerprint density at radius 2 is 1.53 bits per heavy atom.